The number of nitrogens with zero attached hydrogens (tertiary/aromatic N) is 2. The Morgan fingerprint density at radius 3 is 2.19 bits per heavy atom. The maximum absolute atomic E-state index is 5.91. The second-order valence-electron chi connectivity index (χ2n) is 12.5. The standard InChI is InChI=1S/C36H47N3O3.H2O/c1-26-17-28(19-30(18-26)40-5)25-39-15-13-36(14-16-39,38(4)24-27-11-9-8-10-12-27)33-22-35(2,3)34-29(23-37-33)20-31(41-6)21-32(34)42-7;/h8-12,17-22,37H,13-16,23-25H2,1-7H3;1H2. The van der Waals surface area contributed by atoms with Crippen LogP contribution in [0.5, 0.6) is 17.2 Å². The topological polar surface area (TPSA) is 77.7 Å². The number of likely N-dealkylation sites (tertiary alicyclic amines) is 1. The first kappa shape index (κ1) is 32.4. The molecule has 3 aromatic carbocycles. The van der Waals surface area contributed by atoms with Crippen molar-refractivity contribution in [2.24, 2.45) is 0 Å². The van der Waals surface area contributed by atoms with Crippen LogP contribution in [-0.2, 0) is 25.0 Å². The quantitative estimate of drug-likeness (QED) is 0.350. The monoisotopic (exact) mass is 587 g/mol. The van der Waals surface area contributed by atoms with Gasteiger partial charge in [0.2, 0.25) is 0 Å². The van der Waals surface area contributed by atoms with Crippen molar-refractivity contribution in [3.05, 3.63) is 100 Å². The molecule has 2 aliphatic rings. The number of nitrogens with one attached hydrogen (secondary N) is 1. The predicted octanol–water partition coefficient (Wildman–Crippen LogP) is 5.63. The Labute approximate surface area is 257 Å². The molecule has 3 N–H and O–H groups in total. The van der Waals surface area contributed by atoms with Crippen molar-refractivity contribution in [1.29, 1.82) is 0 Å². The zero-order chi connectivity index (χ0) is 29.9. The number of hydrogen-bond donors (Lipinski definition) is 1. The molecule has 7 nitrogen and oxygen atoms in total. The normalized spacial score (nSPS) is 17.5. The average Bonchev–Trinajstić information content (AvgIpc) is 3.12. The fourth-order valence-electron chi connectivity index (χ4n) is 7.01. The van der Waals surface area contributed by atoms with E-state index in [9.17, 15) is 0 Å². The minimum Gasteiger partial charge on any atom is -0.497 e. The number of ether oxygens (including phenoxy) is 3. The first-order chi connectivity index (χ1) is 20.2. The van der Waals surface area contributed by atoms with Gasteiger partial charge in [0.25, 0.3) is 0 Å². The smallest absolute Gasteiger partial charge is 0.126 e. The molecule has 0 atom stereocenters. The van der Waals surface area contributed by atoms with E-state index in [-0.39, 0.29) is 16.4 Å². The SMILES string of the molecule is COc1cc(C)cc(CN2CCC(C3=CC(C)(C)c4c(cc(OC)cc4OC)CN3)(N(C)Cc3ccccc3)CC2)c1.O. The minimum atomic E-state index is -0.235. The van der Waals surface area contributed by atoms with Crippen LogP contribution >= 0.6 is 0 Å². The van der Waals surface area contributed by atoms with Gasteiger partial charge in [-0.05, 0) is 67.3 Å². The summed E-state index contributed by atoms with van der Waals surface area (Å²) < 4.78 is 17.1. The first-order valence-corrected chi connectivity index (χ1v) is 15.0. The van der Waals surface area contributed by atoms with Gasteiger partial charge in [-0.25, -0.2) is 0 Å². The fraction of sp³-hybridized carbons (Fsp3) is 0.444. The van der Waals surface area contributed by atoms with Crippen LogP contribution in [-0.4, -0.2) is 62.3 Å². The van der Waals surface area contributed by atoms with Crippen molar-refractivity contribution in [3.8, 4) is 17.2 Å². The number of benzene rings is 3. The van der Waals surface area contributed by atoms with E-state index in [1.54, 1.807) is 21.3 Å². The molecule has 232 valence electrons. The summed E-state index contributed by atoms with van der Waals surface area (Å²) in [6.07, 6.45) is 4.53. The lowest BCUT2D eigenvalue weighted by Crippen LogP contribution is -2.57. The van der Waals surface area contributed by atoms with Crippen molar-refractivity contribution >= 4 is 0 Å². The van der Waals surface area contributed by atoms with Gasteiger partial charge in [0, 0.05) is 55.5 Å². The molecule has 1 fully saturated rings. The lowest BCUT2D eigenvalue weighted by Gasteiger charge is -2.49. The number of rotatable bonds is 9. The van der Waals surface area contributed by atoms with Crippen molar-refractivity contribution < 1.29 is 19.7 Å². The molecule has 0 unspecified atom stereocenters. The summed E-state index contributed by atoms with van der Waals surface area (Å²) in [7, 11) is 7.51. The van der Waals surface area contributed by atoms with Gasteiger partial charge in [-0.1, -0.05) is 56.3 Å². The Balaban J connectivity index is 0.00000423. The van der Waals surface area contributed by atoms with E-state index < -0.39 is 0 Å². The van der Waals surface area contributed by atoms with Crippen LogP contribution in [0.3, 0.4) is 0 Å². The molecule has 0 saturated carbocycles. The second kappa shape index (κ2) is 13.4. The molecule has 0 radical (unpaired) electrons. The lowest BCUT2D eigenvalue weighted by molar-refractivity contribution is 0.0522. The lowest BCUT2D eigenvalue weighted by atomic mass is 9.76. The highest BCUT2D eigenvalue weighted by Crippen LogP contribution is 2.44. The Morgan fingerprint density at radius 2 is 1.53 bits per heavy atom. The van der Waals surface area contributed by atoms with Gasteiger partial charge < -0.3 is 25.0 Å². The molecular weight excluding hydrogens is 538 g/mol. The third kappa shape index (κ3) is 6.85. The van der Waals surface area contributed by atoms with Crippen LogP contribution in [0.4, 0.5) is 0 Å². The van der Waals surface area contributed by atoms with Gasteiger partial charge in [-0.3, -0.25) is 9.80 Å². The Bertz CT molecular complexity index is 1410. The van der Waals surface area contributed by atoms with Gasteiger partial charge >= 0.3 is 0 Å². The van der Waals surface area contributed by atoms with E-state index in [0.29, 0.717) is 0 Å². The molecule has 1 saturated heterocycles. The van der Waals surface area contributed by atoms with Crippen LogP contribution < -0.4 is 19.5 Å². The number of fused-ring (bicyclic) bond motifs is 1. The minimum absolute atomic E-state index is 0. The van der Waals surface area contributed by atoms with Gasteiger partial charge in [0.05, 0.1) is 26.9 Å². The summed E-state index contributed by atoms with van der Waals surface area (Å²) in [4.78, 5) is 5.17. The Kier molecular flexibility index (Phi) is 10.1. The predicted molar refractivity (Wildman–Crippen MR) is 174 cm³/mol. The molecule has 7 heteroatoms. The molecule has 0 spiro atoms. The highest BCUT2D eigenvalue weighted by atomic mass is 16.5. The number of likely N-dealkylation sites (N-methyl/N-ethyl adjacent to an activating group) is 1. The summed E-state index contributed by atoms with van der Waals surface area (Å²) in [5.41, 5.74) is 7.25. The highest BCUT2D eigenvalue weighted by molar-refractivity contribution is 5.54. The van der Waals surface area contributed by atoms with E-state index in [1.165, 1.54) is 33.5 Å². The number of methoxy groups -OCH3 is 3. The molecule has 0 aromatic heterocycles. The molecule has 5 rings (SSSR count). The van der Waals surface area contributed by atoms with Crippen molar-refractivity contribution in [2.75, 3.05) is 41.5 Å². The van der Waals surface area contributed by atoms with E-state index in [2.05, 4.69) is 104 Å². The first-order valence-electron chi connectivity index (χ1n) is 15.0. The summed E-state index contributed by atoms with van der Waals surface area (Å²) >= 11 is 0. The molecule has 2 aliphatic heterocycles. The maximum atomic E-state index is 5.91. The molecule has 2 heterocycles. The number of allylic oxidation sites excluding steroid dienone is 1. The number of hydrogen-bond acceptors (Lipinski definition) is 6. The van der Waals surface area contributed by atoms with Crippen molar-refractivity contribution in [1.82, 2.24) is 15.1 Å². The summed E-state index contributed by atoms with van der Waals surface area (Å²) in [5.74, 6) is 2.63. The van der Waals surface area contributed by atoms with Crippen LogP contribution in [0, 0.1) is 6.92 Å². The molecule has 0 amide bonds. The van der Waals surface area contributed by atoms with E-state index in [1.807, 2.05) is 6.07 Å². The maximum Gasteiger partial charge on any atom is 0.126 e. The number of aryl methyl sites for hydroxylation is 1. The van der Waals surface area contributed by atoms with Crippen LogP contribution in [0.15, 0.2) is 72.4 Å². The molecule has 0 aliphatic carbocycles. The zero-order valence-electron chi connectivity index (χ0n) is 26.9. The molecule has 3 aromatic rings. The van der Waals surface area contributed by atoms with E-state index in [4.69, 9.17) is 14.2 Å². The highest BCUT2D eigenvalue weighted by Gasteiger charge is 2.44. The van der Waals surface area contributed by atoms with Gasteiger partial charge in [0.1, 0.15) is 17.2 Å². The summed E-state index contributed by atoms with van der Waals surface area (Å²) in [6.45, 7) is 11.3. The van der Waals surface area contributed by atoms with Crippen LogP contribution in [0.25, 0.3) is 0 Å². The summed E-state index contributed by atoms with van der Waals surface area (Å²) in [5, 5.41) is 3.93. The molecule has 0 bridgehead atoms. The molecule has 43 heavy (non-hydrogen) atoms. The van der Waals surface area contributed by atoms with Crippen LogP contribution in [0.1, 0.15) is 54.5 Å². The Hall–Kier alpha value is -3.52. The van der Waals surface area contributed by atoms with Gasteiger partial charge in [-0.2, -0.15) is 0 Å². The third-order valence-electron chi connectivity index (χ3n) is 9.16. The van der Waals surface area contributed by atoms with E-state index >= 15 is 0 Å². The average molecular weight is 588 g/mol. The third-order valence-corrected chi connectivity index (χ3v) is 9.16. The van der Waals surface area contributed by atoms with Crippen LogP contribution in [0.2, 0.25) is 0 Å². The second-order valence-corrected chi connectivity index (χ2v) is 12.5. The largest absolute Gasteiger partial charge is 0.497 e. The summed E-state index contributed by atoms with van der Waals surface area (Å²) in [6, 6.07) is 21.5. The number of piperidine rings is 1. The fourth-order valence-corrected chi connectivity index (χ4v) is 7.01. The van der Waals surface area contributed by atoms with E-state index in [0.717, 1.165) is 62.8 Å². The van der Waals surface area contributed by atoms with Crippen molar-refractivity contribution in [3.63, 3.8) is 0 Å². The van der Waals surface area contributed by atoms with Gasteiger partial charge in [-0.15, -0.1) is 0 Å². The van der Waals surface area contributed by atoms with Gasteiger partial charge in [0.15, 0.2) is 0 Å². The molecular formula is C36H49N3O4. The zero-order valence-corrected chi connectivity index (χ0v) is 26.9. The Morgan fingerprint density at radius 1 is 0.860 bits per heavy atom. The van der Waals surface area contributed by atoms with Crippen molar-refractivity contribution in [2.45, 2.75) is 64.2 Å².